The third-order valence-electron chi connectivity index (χ3n) is 2.86. The maximum Gasteiger partial charge on any atom is 0.142 e. The highest BCUT2D eigenvalue weighted by atomic mass is 35.5. The number of benzene rings is 1. The molecule has 0 atom stereocenters. The van der Waals surface area contributed by atoms with Crippen molar-refractivity contribution in [2.45, 2.75) is 27.0 Å². The molecule has 0 aliphatic heterocycles. The van der Waals surface area contributed by atoms with E-state index >= 15 is 0 Å². The fourth-order valence-corrected chi connectivity index (χ4v) is 1.93. The highest BCUT2D eigenvalue weighted by molar-refractivity contribution is 6.30. The topological polar surface area (TPSA) is 53.1 Å². The minimum atomic E-state index is 0.456. The Kier molecular flexibility index (Phi) is 3.77. The highest BCUT2D eigenvalue weighted by Gasteiger charge is 2.07. The lowest BCUT2D eigenvalue weighted by molar-refractivity contribution is 0.307. The van der Waals surface area contributed by atoms with Crippen LogP contribution in [0, 0.1) is 6.92 Å². The summed E-state index contributed by atoms with van der Waals surface area (Å²) in [6.45, 7) is 5.40. The molecule has 0 aliphatic rings. The van der Waals surface area contributed by atoms with Gasteiger partial charge in [-0.05, 0) is 32.0 Å². The monoisotopic (exact) mass is 265 g/mol. The van der Waals surface area contributed by atoms with E-state index in [0.29, 0.717) is 23.1 Å². The Labute approximate surface area is 111 Å². The summed E-state index contributed by atoms with van der Waals surface area (Å²) in [6, 6.07) is 5.21. The molecule has 0 spiro atoms. The molecule has 1 aromatic carbocycles. The molecule has 1 heterocycles. The van der Waals surface area contributed by atoms with Gasteiger partial charge in [-0.25, -0.2) is 0 Å². The molecule has 0 saturated carbocycles. The normalized spacial score (nSPS) is 10.6. The number of hydrogen-bond donors (Lipinski definition) is 1. The molecule has 2 rings (SSSR count). The van der Waals surface area contributed by atoms with Gasteiger partial charge in [0.1, 0.15) is 12.4 Å². The molecule has 0 fully saturated rings. The number of halogens is 1. The van der Waals surface area contributed by atoms with Crippen molar-refractivity contribution in [2.24, 2.45) is 0 Å². The van der Waals surface area contributed by atoms with Crippen LogP contribution in [-0.4, -0.2) is 9.78 Å². The molecule has 18 heavy (non-hydrogen) atoms. The second kappa shape index (κ2) is 5.31. The van der Waals surface area contributed by atoms with Gasteiger partial charge in [0.25, 0.3) is 0 Å². The van der Waals surface area contributed by atoms with E-state index in [-0.39, 0.29) is 0 Å². The van der Waals surface area contributed by atoms with Gasteiger partial charge in [-0.2, -0.15) is 5.10 Å². The fraction of sp³-hybridized carbons (Fsp3) is 0.308. The zero-order valence-electron chi connectivity index (χ0n) is 10.5. The van der Waals surface area contributed by atoms with E-state index in [1.165, 1.54) is 0 Å². The van der Waals surface area contributed by atoms with Gasteiger partial charge in [0.05, 0.1) is 11.9 Å². The molecule has 0 saturated heterocycles. The van der Waals surface area contributed by atoms with Gasteiger partial charge in [-0.1, -0.05) is 11.6 Å². The number of anilines is 1. The van der Waals surface area contributed by atoms with Crippen molar-refractivity contribution < 1.29 is 4.74 Å². The summed E-state index contributed by atoms with van der Waals surface area (Å²) in [5.41, 5.74) is 8.55. The first-order valence-corrected chi connectivity index (χ1v) is 6.18. The Morgan fingerprint density at radius 3 is 2.83 bits per heavy atom. The van der Waals surface area contributed by atoms with E-state index in [1.54, 1.807) is 18.2 Å². The minimum absolute atomic E-state index is 0.456. The van der Waals surface area contributed by atoms with Gasteiger partial charge in [0.15, 0.2) is 0 Å². The lowest BCUT2D eigenvalue weighted by atomic mass is 10.2. The van der Waals surface area contributed by atoms with Crippen LogP contribution in [0.4, 0.5) is 5.69 Å². The van der Waals surface area contributed by atoms with E-state index in [4.69, 9.17) is 22.1 Å². The molecule has 0 bridgehead atoms. The highest BCUT2D eigenvalue weighted by Crippen LogP contribution is 2.26. The molecule has 2 aromatic rings. The quantitative estimate of drug-likeness (QED) is 0.865. The van der Waals surface area contributed by atoms with Crippen molar-refractivity contribution >= 4 is 17.3 Å². The lowest BCUT2D eigenvalue weighted by Gasteiger charge is -2.09. The van der Waals surface area contributed by atoms with Crippen molar-refractivity contribution in [3.8, 4) is 5.75 Å². The Morgan fingerprint density at radius 1 is 1.44 bits per heavy atom. The summed E-state index contributed by atoms with van der Waals surface area (Å²) in [7, 11) is 0. The second-order valence-corrected chi connectivity index (χ2v) is 4.48. The van der Waals surface area contributed by atoms with Gasteiger partial charge < -0.3 is 10.5 Å². The number of hydrogen-bond acceptors (Lipinski definition) is 3. The minimum Gasteiger partial charge on any atom is -0.487 e. The zero-order valence-corrected chi connectivity index (χ0v) is 11.2. The van der Waals surface area contributed by atoms with Crippen LogP contribution < -0.4 is 10.5 Å². The number of nitrogen functional groups attached to an aromatic ring is 1. The fourth-order valence-electron chi connectivity index (χ4n) is 1.75. The third-order valence-corrected chi connectivity index (χ3v) is 3.09. The van der Waals surface area contributed by atoms with Crippen LogP contribution in [0.5, 0.6) is 5.75 Å². The number of rotatable bonds is 4. The molecule has 0 amide bonds. The van der Waals surface area contributed by atoms with E-state index in [2.05, 4.69) is 12.0 Å². The van der Waals surface area contributed by atoms with Crippen LogP contribution in [0.2, 0.25) is 5.02 Å². The zero-order chi connectivity index (χ0) is 13.1. The maximum atomic E-state index is 5.83. The summed E-state index contributed by atoms with van der Waals surface area (Å²) >= 11 is 5.83. The molecule has 4 nitrogen and oxygen atoms in total. The Balaban J connectivity index is 2.09. The summed E-state index contributed by atoms with van der Waals surface area (Å²) < 4.78 is 7.61. The van der Waals surface area contributed by atoms with E-state index in [9.17, 15) is 0 Å². The van der Waals surface area contributed by atoms with Gasteiger partial charge >= 0.3 is 0 Å². The molecular formula is C13H16ClN3O. The van der Waals surface area contributed by atoms with Gasteiger partial charge in [-0.3, -0.25) is 4.68 Å². The van der Waals surface area contributed by atoms with Crippen molar-refractivity contribution in [1.29, 1.82) is 0 Å². The third kappa shape index (κ3) is 2.59. The van der Waals surface area contributed by atoms with Gasteiger partial charge in [0.2, 0.25) is 0 Å². The summed E-state index contributed by atoms with van der Waals surface area (Å²) in [4.78, 5) is 0. The van der Waals surface area contributed by atoms with Crippen molar-refractivity contribution in [2.75, 3.05) is 5.73 Å². The molecule has 0 unspecified atom stereocenters. The van der Waals surface area contributed by atoms with Crippen LogP contribution >= 0.6 is 11.6 Å². The Morgan fingerprint density at radius 2 is 2.22 bits per heavy atom. The summed E-state index contributed by atoms with van der Waals surface area (Å²) in [5.74, 6) is 0.642. The predicted molar refractivity (Wildman–Crippen MR) is 72.8 cm³/mol. The SMILES string of the molecule is CCn1ncc(COc2ccc(Cl)cc2N)c1C. The predicted octanol–water partition coefficient (Wildman–Crippen LogP) is 3.03. The number of ether oxygens (including phenoxy) is 1. The van der Waals surface area contributed by atoms with Crippen molar-refractivity contribution in [3.63, 3.8) is 0 Å². The summed E-state index contributed by atoms with van der Waals surface area (Å²) in [5, 5.41) is 4.87. The van der Waals surface area contributed by atoms with Crippen molar-refractivity contribution in [3.05, 3.63) is 40.7 Å². The molecule has 1 aromatic heterocycles. The lowest BCUT2D eigenvalue weighted by Crippen LogP contribution is -2.02. The van der Waals surface area contributed by atoms with Gasteiger partial charge in [-0.15, -0.1) is 0 Å². The first-order valence-electron chi connectivity index (χ1n) is 5.81. The maximum absolute atomic E-state index is 5.83. The molecule has 96 valence electrons. The van der Waals surface area contributed by atoms with Crippen LogP contribution in [0.15, 0.2) is 24.4 Å². The second-order valence-electron chi connectivity index (χ2n) is 4.04. The Hall–Kier alpha value is -1.68. The smallest absolute Gasteiger partial charge is 0.142 e. The van der Waals surface area contributed by atoms with Crippen LogP contribution in [-0.2, 0) is 13.2 Å². The average molecular weight is 266 g/mol. The number of aryl methyl sites for hydroxylation is 1. The van der Waals surface area contributed by atoms with Crippen LogP contribution in [0.1, 0.15) is 18.2 Å². The van der Waals surface area contributed by atoms with E-state index in [0.717, 1.165) is 17.8 Å². The number of nitrogens with zero attached hydrogens (tertiary/aromatic N) is 2. The van der Waals surface area contributed by atoms with Gasteiger partial charge in [0, 0.05) is 22.8 Å². The van der Waals surface area contributed by atoms with Crippen LogP contribution in [0.3, 0.4) is 0 Å². The number of nitrogens with two attached hydrogens (primary N) is 1. The molecule has 0 radical (unpaired) electrons. The largest absolute Gasteiger partial charge is 0.487 e. The first-order chi connectivity index (χ1) is 8.61. The van der Waals surface area contributed by atoms with Crippen LogP contribution in [0.25, 0.3) is 0 Å². The molecular weight excluding hydrogens is 250 g/mol. The number of aromatic nitrogens is 2. The molecule has 0 aliphatic carbocycles. The van der Waals surface area contributed by atoms with E-state index < -0.39 is 0 Å². The molecule has 5 heteroatoms. The standard InChI is InChI=1S/C13H16ClN3O/c1-3-17-9(2)10(7-16-17)8-18-13-5-4-11(14)6-12(13)15/h4-7H,3,8,15H2,1-2H3. The van der Waals surface area contributed by atoms with Crippen molar-refractivity contribution in [1.82, 2.24) is 9.78 Å². The van der Waals surface area contributed by atoms with E-state index in [1.807, 2.05) is 17.8 Å². The average Bonchev–Trinajstić information content (AvgIpc) is 2.69. The Bertz CT molecular complexity index is 551. The first kappa shape index (κ1) is 12.8. The summed E-state index contributed by atoms with van der Waals surface area (Å²) in [6.07, 6.45) is 1.82. The molecule has 2 N–H and O–H groups in total.